The van der Waals surface area contributed by atoms with Crippen LogP contribution in [-0.2, 0) is 14.8 Å². The number of rotatable bonds is 6. The minimum absolute atomic E-state index is 0.0240. The molecule has 4 rings (SSSR count). The summed E-state index contributed by atoms with van der Waals surface area (Å²) < 4.78 is 33.8. The quantitative estimate of drug-likeness (QED) is 0.357. The van der Waals surface area contributed by atoms with Crippen molar-refractivity contribution in [3.8, 4) is 0 Å². The Hall–Kier alpha value is -3.45. The van der Waals surface area contributed by atoms with Crippen LogP contribution >= 0.6 is 0 Å². The standard InChI is InChI=1S/C25H23NO5S/c1-4-7-24(28)26(20-11-13-23-22(15-20)25(16(2)27)17(3)31-23)32(29,30)21-12-10-18-8-5-6-9-19(18)14-21/h5-6,8-15H,4,7H2,1-3H3. The van der Waals surface area contributed by atoms with Crippen molar-refractivity contribution >= 4 is 49.1 Å². The second kappa shape index (κ2) is 8.24. The van der Waals surface area contributed by atoms with Gasteiger partial charge in [-0.3, -0.25) is 9.59 Å². The number of sulfonamides is 1. The minimum atomic E-state index is -4.19. The summed E-state index contributed by atoms with van der Waals surface area (Å²) in [6.45, 7) is 4.92. The zero-order valence-corrected chi connectivity index (χ0v) is 18.9. The lowest BCUT2D eigenvalue weighted by Crippen LogP contribution is -2.36. The van der Waals surface area contributed by atoms with Crippen LogP contribution in [0.2, 0.25) is 0 Å². The monoisotopic (exact) mass is 449 g/mol. The third-order valence-electron chi connectivity index (χ3n) is 5.38. The largest absolute Gasteiger partial charge is 0.461 e. The van der Waals surface area contributed by atoms with Crippen LogP contribution < -0.4 is 4.31 Å². The van der Waals surface area contributed by atoms with Crippen LogP contribution in [0, 0.1) is 6.92 Å². The summed E-state index contributed by atoms with van der Waals surface area (Å²) in [5, 5.41) is 2.14. The van der Waals surface area contributed by atoms with E-state index >= 15 is 0 Å². The predicted octanol–water partition coefficient (Wildman–Crippen LogP) is 5.62. The van der Waals surface area contributed by atoms with Crippen molar-refractivity contribution in [2.75, 3.05) is 4.31 Å². The first kappa shape index (κ1) is 21.8. The van der Waals surface area contributed by atoms with E-state index in [4.69, 9.17) is 4.42 Å². The van der Waals surface area contributed by atoms with Gasteiger partial charge >= 0.3 is 0 Å². The Morgan fingerprint density at radius 2 is 1.69 bits per heavy atom. The van der Waals surface area contributed by atoms with Crippen molar-refractivity contribution in [2.45, 2.75) is 38.5 Å². The number of hydrogen-bond acceptors (Lipinski definition) is 5. The average Bonchev–Trinajstić information content (AvgIpc) is 3.08. The molecule has 7 heteroatoms. The lowest BCUT2D eigenvalue weighted by atomic mass is 10.1. The van der Waals surface area contributed by atoms with Gasteiger partial charge in [-0.25, -0.2) is 12.7 Å². The predicted molar refractivity (Wildman–Crippen MR) is 124 cm³/mol. The van der Waals surface area contributed by atoms with E-state index in [9.17, 15) is 18.0 Å². The number of benzene rings is 3. The first-order valence-electron chi connectivity index (χ1n) is 10.3. The van der Waals surface area contributed by atoms with Gasteiger partial charge in [0.15, 0.2) is 5.78 Å². The van der Waals surface area contributed by atoms with E-state index in [1.807, 2.05) is 31.2 Å². The molecule has 0 bridgehead atoms. The van der Waals surface area contributed by atoms with Gasteiger partial charge in [-0.1, -0.05) is 37.3 Å². The Bertz CT molecular complexity index is 1470. The van der Waals surface area contributed by atoms with E-state index < -0.39 is 15.9 Å². The highest BCUT2D eigenvalue weighted by Gasteiger charge is 2.31. The van der Waals surface area contributed by atoms with Crippen molar-refractivity contribution in [1.29, 1.82) is 0 Å². The average molecular weight is 450 g/mol. The topological polar surface area (TPSA) is 84.7 Å². The van der Waals surface area contributed by atoms with Crippen molar-refractivity contribution in [3.05, 3.63) is 72.0 Å². The first-order valence-corrected chi connectivity index (χ1v) is 11.8. The maximum Gasteiger partial charge on any atom is 0.270 e. The molecule has 0 atom stereocenters. The van der Waals surface area contributed by atoms with Gasteiger partial charge in [0.25, 0.3) is 10.0 Å². The Balaban J connectivity index is 1.91. The number of ketones is 1. The normalized spacial score (nSPS) is 11.7. The number of fused-ring (bicyclic) bond motifs is 2. The number of Topliss-reactive ketones (excluding diaryl/α,β-unsaturated/α-hetero) is 1. The van der Waals surface area contributed by atoms with Crippen LogP contribution in [0.3, 0.4) is 0 Å². The van der Waals surface area contributed by atoms with Gasteiger partial charge in [-0.15, -0.1) is 0 Å². The maximum absolute atomic E-state index is 13.7. The Morgan fingerprint density at radius 1 is 0.969 bits per heavy atom. The van der Waals surface area contributed by atoms with E-state index in [0.29, 0.717) is 28.7 Å². The highest BCUT2D eigenvalue weighted by molar-refractivity contribution is 7.93. The molecule has 0 unspecified atom stereocenters. The lowest BCUT2D eigenvalue weighted by Gasteiger charge is -2.23. The van der Waals surface area contributed by atoms with Crippen molar-refractivity contribution in [2.24, 2.45) is 0 Å². The molecule has 4 aromatic rings. The van der Waals surface area contributed by atoms with Crippen LogP contribution in [0.1, 0.15) is 42.8 Å². The summed E-state index contributed by atoms with van der Waals surface area (Å²) in [6, 6.07) is 16.9. The van der Waals surface area contributed by atoms with Gasteiger partial charge in [0.05, 0.1) is 16.1 Å². The highest BCUT2D eigenvalue weighted by Crippen LogP contribution is 2.33. The van der Waals surface area contributed by atoms with Crippen LogP contribution in [0.4, 0.5) is 5.69 Å². The Labute approximate surface area is 186 Å². The van der Waals surface area contributed by atoms with Crippen LogP contribution in [0.15, 0.2) is 70.0 Å². The van der Waals surface area contributed by atoms with E-state index in [1.54, 1.807) is 25.1 Å². The molecule has 0 spiro atoms. The molecule has 32 heavy (non-hydrogen) atoms. The first-order chi connectivity index (χ1) is 15.2. The van der Waals surface area contributed by atoms with Gasteiger partial charge < -0.3 is 4.42 Å². The fraction of sp³-hybridized carbons (Fsp3) is 0.200. The Morgan fingerprint density at radius 3 is 2.38 bits per heavy atom. The summed E-state index contributed by atoms with van der Waals surface area (Å²) in [4.78, 5) is 25.2. The van der Waals surface area contributed by atoms with E-state index in [1.165, 1.54) is 25.1 Å². The highest BCUT2D eigenvalue weighted by atomic mass is 32.2. The lowest BCUT2D eigenvalue weighted by molar-refractivity contribution is -0.117. The molecule has 164 valence electrons. The molecule has 0 aliphatic heterocycles. The van der Waals surface area contributed by atoms with Crippen LogP contribution in [-0.4, -0.2) is 20.1 Å². The molecule has 1 amide bonds. The summed E-state index contributed by atoms with van der Waals surface area (Å²) in [7, 11) is -4.19. The molecular weight excluding hydrogens is 426 g/mol. The number of aryl methyl sites for hydroxylation is 1. The molecule has 0 N–H and O–H groups in total. The zero-order valence-electron chi connectivity index (χ0n) is 18.1. The summed E-state index contributed by atoms with van der Waals surface area (Å²) in [5.41, 5.74) is 1.02. The number of furan rings is 1. The van der Waals surface area contributed by atoms with Gasteiger partial charge in [-0.05, 0) is 61.4 Å². The fourth-order valence-corrected chi connectivity index (χ4v) is 5.41. The molecule has 3 aromatic carbocycles. The van der Waals surface area contributed by atoms with Crippen molar-refractivity contribution in [3.63, 3.8) is 0 Å². The number of anilines is 1. The number of nitrogens with zero attached hydrogens (tertiary/aromatic N) is 1. The summed E-state index contributed by atoms with van der Waals surface area (Å²) in [6.07, 6.45) is 0.559. The second-order valence-electron chi connectivity index (χ2n) is 7.69. The third-order valence-corrected chi connectivity index (χ3v) is 7.13. The number of carbonyl (C=O) groups excluding carboxylic acids is 2. The van der Waals surface area contributed by atoms with Crippen molar-refractivity contribution in [1.82, 2.24) is 0 Å². The molecular formula is C25H23NO5S. The number of hydrogen-bond donors (Lipinski definition) is 0. The second-order valence-corrected chi connectivity index (χ2v) is 9.48. The van der Waals surface area contributed by atoms with Crippen molar-refractivity contribution < 1.29 is 22.4 Å². The number of carbonyl (C=O) groups is 2. The molecule has 0 radical (unpaired) electrons. The molecule has 1 heterocycles. The molecule has 0 aliphatic rings. The molecule has 0 fully saturated rings. The van der Waals surface area contributed by atoms with Crippen LogP contribution in [0.25, 0.3) is 21.7 Å². The fourth-order valence-electron chi connectivity index (χ4n) is 3.94. The van der Waals surface area contributed by atoms with Gasteiger partial charge in [0.2, 0.25) is 5.91 Å². The van der Waals surface area contributed by atoms with Crippen LogP contribution in [0.5, 0.6) is 0 Å². The maximum atomic E-state index is 13.7. The SMILES string of the molecule is CCCC(=O)N(c1ccc2oc(C)c(C(C)=O)c2c1)S(=O)(=O)c1ccc2ccccc2c1. The molecule has 0 saturated heterocycles. The number of amides is 1. The Kier molecular flexibility index (Phi) is 5.60. The van der Waals surface area contributed by atoms with Gasteiger partial charge in [0.1, 0.15) is 11.3 Å². The third kappa shape index (κ3) is 3.69. The minimum Gasteiger partial charge on any atom is -0.461 e. The van der Waals surface area contributed by atoms with E-state index in [2.05, 4.69) is 0 Å². The molecule has 1 aromatic heterocycles. The summed E-state index contributed by atoms with van der Waals surface area (Å²) in [5.74, 6) is -0.278. The van der Waals surface area contributed by atoms with Gasteiger partial charge in [0, 0.05) is 11.8 Å². The molecule has 6 nitrogen and oxygen atoms in total. The smallest absolute Gasteiger partial charge is 0.270 e. The zero-order chi connectivity index (χ0) is 23.0. The van der Waals surface area contributed by atoms with Gasteiger partial charge in [-0.2, -0.15) is 0 Å². The molecule has 0 saturated carbocycles. The van der Waals surface area contributed by atoms with E-state index in [0.717, 1.165) is 15.1 Å². The summed E-state index contributed by atoms with van der Waals surface area (Å²) >= 11 is 0. The van der Waals surface area contributed by atoms with E-state index in [-0.39, 0.29) is 22.8 Å². The molecule has 0 aliphatic carbocycles.